The van der Waals surface area contributed by atoms with Crippen molar-refractivity contribution in [2.75, 3.05) is 13.3 Å². The molecule has 52 valence electrons. The number of nitroso groups, excluding NO2 is 1. The van der Waals surface area contributed by atoms with Gasteiger partial charge in [0.15, 0.2) is 0 Å². The second kappa shape index (κ2) is 1.95. The molecule has 0 aromatic rings. The molecule has 1 rings (SSSR count). The largest absolute Gasteiger partial charge is 0.357 e. The van der Waals surface area contributed by atoms with E-state index in [1.807, 2.05) is 13.8 Å². The molecule has 0 aromatic heterocycles. The summed E-state index contributed by atoms with van der Waals surface area (Å²) in [5.41, 5.74) is -0.207. The summed E-state index contributed by atoms with van der Waals surface area (Å²) in [5, 5.41) is 4.19. The second-order valence-electron chi connectivity index (χ2n) is 2.77. The molecule has 1 heterocycles. The van der Waals surface area contributed by atoms with E-state index in [1.54, 1.807) is 0 Å². The molecule has 0 atom stereocenters. The molecule has 1 aliphatic heterocycles. The van der Waals surface area contributed by atoms with E-state index in [1.165, 1.54) is 5.01 Å². The molecule has 0 radical (unpaired) electrons. The zero-order chi connectivity index (χ0) is 6.91. The maximum Gasteiger partial charge on any atom is 0.138 e. The van der Waals surface area contributed by atoms with Crippen LogP contribution < -0.4 is 0 Å². The molecule has 1 aliphatic rings. The van der Waals surface area contributed by atoms with Crippen molar-refractivity contribution in [2.45, 2.75) is 19.4 Å². The Kier molecular flexibility index (Phi) is 1.40. The van der Waals surface area contributed by atoms with E-state index in [0.29, 0.717) is 13.3 Å². The van der Waals surface area contributed by atoms with Crippen molar-refractivity contribution in [3.8, 4) is 0 Å². The molecule has 0 aromatic carbocycles. The number of hydrogen-bond acceptors (Lipinski definition) is 3. The van der Waals surface area contributed by atoms with Gasteiger partial charge in [0.2, 0.25) is 0 Å². The lowest BCUT2D eigenvalue weighted by atomic mass is 10.1. The van der Waals surface area contributed by atoms with Crippen LogP contribution in [-0.4, -0.2) is 23.9 Å². The quantitative estimate of drug-likeness (QED) is 0.491. The highest BCUT2D eigenvalue weighted by atomic mass is 16.5. The Balaban J connectivity index is 2.62. The fourth-order valence-electron chi connectivity index (χ4n) is 0.765. The van der Waals surface area contributed by atoms with Gasteiger partial charge in [0.1, 0.15) is 6.73 Å². The third kappa shape index (κ3) is 1.03. The molecule has 0 amide bonds. The molecule has 1 fully saturated rings. The van der Waals surface area contributed by atoms with E-state index in [4.69, 9.17) is 4.74 Å². The van der Waals surface area contributed by atoms with Crippen molar-refractivity contribution < 1.29 is 4.74 Å². The molecule has 0 bridgehead atoms. The molecule has 0 spiro atoms. The van der Waals surface area contributed by atoms with Crippen LogP contribution in [0.4, 0.5) is 0 Å². The molecule has 0 N–H and O–H groups in total. The molecular weight excluding hydrogens is 120 g/mol. The lowest BCUT2D eigenvalue weighted by Crippen LogP contribution is -2.35. The Labute approximate surface area is 53.7 Å². The Bertz CT molecular complexity index is 124. The minimum Gasteiger partial charge on any atom is -0.357 e. The molecule has 0 unspecified atom stereocenters. The minimum atomic E-state index is -0.207. The maximum atomic E-state index is 10.0. The van der Waals surface area contributed by atoms with Crippen LogP contribution >= 0.6 is 0 Å². The number of nitrogens with zero attached hydrogens (tertiary/aromatic N) is 2. The standard InChI is InChI=1S/C5H10N2O2/c1-5(2)3-9-4-7(5)6-8/h3-4H2,1-2H3. The Morgan fingerprint density at radius 2 is 2.33 bits per heavy atom. The Hall–Kier alpha value is -0.640. The normalized spacial score (nSPS) is 24.4. The smallest absolute Gasteiger partial charge is 0.138 e. The second-order valence-corrected chi connectivity index (χ2v) is 2.77. The Morgan fingerprint density at radius 3 is 2.56 bits per heavy atom. The van der Waals surface area contributed by atoms with Crippen molar-refractivity contribution in [2.24, 2.45) is 5.29 Å². The van der Waals surface area contributed by atoms with Crippen LogP contribution in [0.25, 0.3) is 0 Å². The van der Waals surface area contributed by atoms with Crippen LogP contribution in [0, 0.1) is 4.91 Å². The van der Waals surface area contributed by atoms with Gasteiger partial charge < -0.3 is 4.74 Å². The van der Waals surface area contributed by atoms with Gasteiger partial charge in [-0.05, 0) is 13.8 Å². The first kappa shape index (κ1) is 6.48. The SMILES string of the molecule is CC1(C)COCN1N=O. The molecule has 4 nitrogen and oxygen atoms in total. The first-order valence-corrected chi connectivity index (χ1v) is 2.85. The van der Waals surface area contributed by atoms with Gasteiger partial charge in [0.05, 0.1) is 17.4 Å². The van der Waals surface area contributed by atoms with Crippen LogP contribution in [0.5, 0.6) is 0 Å². The molecule has 0 saturated carbocycles. The summed E-state index contributed by atoms with van der Waals surface area (Å²) in [6.45, 7) is 4.75. The van der Waals surface area contributed by atoms with Crippen LogP contribution in [0.1, 0.15) is 13.8 Å². The van der Waals surface area contributed by atoms with Gasteiger partial charge in [-0.25, -0.2) is 5.01 Å². The van der Waals surface area contributed by atoms with Crippen LogP contribution in [0.15, 0.2) is 5.29 Å². The first-order chi connectivity index (χ1) is 4.17. The Morgan fingerprint density at radius 1 is 1.67 bits per heavy atom. The summed E-state index contributed by atoms with van der Waals surface area (Å²) in [6.07, 6.45) is 0. The van der Waals surface area contributed by atoms with Gasteiger partial charge in [0.25, 0.3) is 0 Å². The zero-order valence-electron chi connectivity index (χ0n) is 5.63. The highest BCUT2D eigenvalue weighted by Gasteiger charge is 2.33. The third-order valence-corrected chi connectivity index (χ3v) is 1.47. The zero-order valence-corrected chi connectivity index (χ0v) is 5.63. The fourth-order valence-corrected chi connectivity index (χ4v) is 0.765. The number of ether oxygens (including phenoxy) is 1. The minimum absolute atomic E-state index is 0.207. The summed E-state index contributed by atoms with van der Waals surface area (Å²) in [7, 11) is 0. The summed E-state index contributed by atoms with van der Waals surface area (Å²) in [4.78, 5) is 10.0. The van der Waals surface area contributed by atoms with E-state index >= 15 is 0 Å². The first-order valence-electron chi connectivity index (χ1n) is 2.85. The third-order valence-electron chi connectivity index (χ3n) is 1.47. The van der Waals surface area contributed by atoms with Crippen molar-refractivity contribution in [3.63, 3.8) is 0 Å². The predicted octanol–water partition coefficient (Wildman–Crippen LogP) is 0.736. The monoisotopic (exact) mass is 130 g/mol. The molecule has 0 aliphatic carbocycles. The van der Waals surface area contributed by atoms with Gasteiger partial charge in [0, 0.05) is 0 Å². The van der Waals surface area contributed by atoms with Gasteiger partial charge in [-0.3, -0.25) is 0 Å². The van der Waals surface area contributed by atoms with E-state index < -0.39 is 0 Å². The highest BCUT2D eigenvalue weighted by molar-refractivity contribution is 4.80. The van der Waals surface area contributed by atoms with E-state index in [2.05, 4.69) is 5.29 Å². The maximum absolute atomic E-state index is 10.0. The highest BCUT2D eigenvalue weighted by Crippen LogP contribution is 2.20. The number of hydrogen-bond donors (Lipinski definition) is 0. The molecule has 9 heavy (non-hydrogen) atoms. The van der Waals surface area contributed by atoms with Gasteiger partial charge in [-0.1, -0.05) is 0 Å². The van der Waals surface area contributed by atoms with Crippen molar-refractivity contribution in [3.05, 3.63) is 4.91 Å². The van der Waals surface area contributed by atoms with Crippen LogP contribution in [-0.2, 0) is 4.74 Å². The van der Waals surface area contributed by atoms with Gasteiger partial charge in [-0.2, -0.15) is 0 Å². The van der Waals surface area contributed by atoms with Gasteiger partial charge >= 0.3 is 0 Å². The predicted molar refractivity (Wildman–Crippen MR) is 32.5 cm³/mol. The van der Waals surface area contributed by atoms with E-state index in [-0.39, 0.29) is 5.54 Å². The lowest BCUT2D eigenvalue weighted by molar-refractivity contribution is 0.133. The summed E-state index contributed by atoms with van der Waals surface area (Å²) in [5.74, 6) is 0. The number of rotatable bonds is 1. The van der Waals surface area contributed by atoms with Crippen LogP contribution in [0.2, 0.25) is 0 Å². The molecule has 1 saturated heterocycles. The fraction of sp³-hybridized carbons (Fsp3) is 1.00. The van der Waals surface area contributed by atoms with Crippen molar-refractivity contribution in [1.29, 1.82) is 0 Å². The summed E-state index contributed by atoms with van der Waals surface area (Å²) >= 11 is 0. The molecular formula is C5H10N2O2. The average molecular weight is 130 g/mol. The van der Waals surface area contributed by atoms with E-state index in [0.717, 1.165) is 0 Å². The van der Waals surface area contributed by atoms with E-state index in [9.17, 15) is 4.91 Å². The van der Waals surface area contributed by atoms with Crippen molar-refractivity contribution >= 4 is 0 Å². The van der Waals surface area contributed by atoms with Crippen LogP contribution in [0.3, 0.4) is 0 Å². The summed E-state index contributed by atoms with van der Waals surface area (Å²) < 4.78 is 5.00. The lowest BCUT2D eigenvalue weighted by Gasteiger charge is -2.21. The molecule has 4 heteroatoms. The topological polar surface area (TPSA) is 41.9 Å². The summed E-state index contributed by atoms with van der Waals surface area (Å²) in [6, 6.07) is 0. The van der Waals surface area contributed by atoms with Crippen molar-refractivity contribution in [1.82, 2.24) is 5.01 Å². The van der Waals surface area contributed by atoms with Gasteiger partial charge in [-0.15, -0.1) is 4.91 Å². The average Bonchev–Trinajstić information content (AvgIpc) is 2.08.